The van der Waals surface area contributed by atoms with Crippen LogP contribution in [0.5, 0.6) is 0 Å². The van der Waals surface area contributed by atoms with Crippen molar-refractivity contribution in [1.29, 1.82) is 0 Å². The summed E-state index contributed by atoms with van der Waals surface area (Å²) >= 11 is 0. The minimum Gasteiger partial charge on any atom is -0.360 e. The lowest BCUT2D eigenvalue weighted by Gasteiger charge is -2.20. The van der Waals surface area contributed by atoms with Gasteiger partial charge in [-0.05, 0) is 42.5 Å². The number of carbonyl (C=O) groups excluding carboxylic acids is 1. The Hall–Kier alpha value is -4.13. The van der Waals surface area contributed by atoms with Crippen molar-refractivity contribution in [1.82, 2.24) is 24.8 Å². The molecule has 0 atom stereocenters. The largest absolute Gasteiger partial charge is 0.360 e. The molecule has 2 amide bonds. The Bertz CT molecular complexity index is 1170. The van der Waals surface area contributed by atoms with Crippen LogP contribution in [0.25, 0.3) is 33.8 Å². The first-order chi connectivity index (χ1) is 14.7. The van der Waals surface area contributed by atoms with Crippen LogP contribution in [0.3, 0.4) is 0 Å². The number of nitrogens with zero attached hydrogens (tertiary/aromatic N) is 3. The van der Waals surface area contributed by atoms with Gasteiger partial charge in [0.25, 0.3) is 0 Å². The van der Waals surface area contributed by atoms with E-state index in [4.69, 9.17) is 9.97 Å². The third kappa shape index (κ3) is 3.86. The number of H-pyrrole nitrogens is 2. The Balaban J connectivity index is 1.72. The lowest BCUT2D eigenvalue weighted by molar-refractivity contribution is 0.222. The quantitative estimate of drug-likeness (QED) is 0.390. The van der Waals surface area contributed by atoms with Gasteiger partial charge >= 0.3 is 6.03 Å². The number of hydrogen-bond donors (Lipinski definition) is 3. The molecule has 0 saturated carbocycles. The van der Waals surface area contributed by atoms with E-state index in [1.807, 2.05) is 54.9 Å². The van der Waals surface area contributed by atoms with Crippen molar-refractivity contribution in [3.8, 4) is 22.8 Å². The molecule has 3 heterocycles. The van der Waals surface area contributed by atoms with Gasteiger partial charge in [0.15, 0.2) is 0 Å². The SMILES string of the molecule is C=CCN(CC=C)C(=O)Nc1ccc2nc(-c3ccc[nH]3)c(-c3ccc[nH]3)nc2c1. The predicted octanol–water partition coefficient (Wildman–Crippen LogP) is 4.83. The topological polar surface area (TPSA) is 89.7 Å². The first-order valence-corrected chi connectivity index (χ1v) is 9.56. The molecule has 7 nitrogen and oxygen atoms in total. The number of amides is 2. The van der Waals surface area contributed by atoms with Gasteiger partial charge in [-0.15, -0.1) is 13.2 Å². The van der Waals surface area contributed by atoms with E-state index >= 15 is 0 Å². The molecule has 3 aromatic heterocycles. The highest BCUT2D eigenvalue weighted by molar-refractivity contribution is 5.93. The molecule has 0 saturated heterocycles. The molecular weight excluding hydrogens is 376 g/mol. The maximum atomic E-state index is 12.6. The second kappa shape index (κ2) is 8.48. The molecule has 7 heteroatoms. The lowest BCUT2D eigenvalue weighted by Crippen LogP contribution is -2.35. The number of anilines is 1. The highest BCUT2D eigenvalue weighted by atomic mass is 16.2. The Morgan fingerprint density at radius 2 is 1.53 bits per heavy atom. The van der Waals surface area contributed by atoms with Crippen LogP contribution in [0.1, 0.15) is 0 Å². The van der Waals surface area contributed by atoms with Crippen molar-refractivity contribution in [2.75, 3.05) is 18.4 Å². The molecule has 4 rings (SSSR count). The zero-order chi connectivity index (χ0) is 20.9. The molecule has 0 aliphatic carbocycles. The number of rotatable bonds is 7. The van der Waals surface area contributed by atoms with E-state index in [0.717, 1.165) is 28.3 Å². The molecule has 0 bridgehead atoms. The number of urea groups is 1. The highest BCUT2D eigenvalue weighted by Gasteiger charge is 2.16. The molecule has 150 valence electrons. The molecule has 0 radical (unpaired) electrons. The second-order valence-electron chi connectivity index (χ2n) is 6.70. The third-order valence-corrected chi connectivity index (χ3v) is 4.61. The van der Waals surface area contributed by atoms with Crippen molar-refractivity contribution in [3.05, 3.63) is 80.2 Å². The van der Waals surface area contributed by atoms with Gasteiger partial charge < -0.3 is 20.2 Å². The summed E-state index contributed by atoms with van der Waals surface area (Å²) in [6.07, 6.45) is 7.07. The molecular formula is C23H22N6O. The Morgan fingerprint density at radius 3 is 2.07 bits per heavy atom. The van der Waals surface area contributed by atoms with Crippen LogP contribution in [-0.4, -0.2) is 44.0 Å². The molecule has 3 N–H and O–H groups in total. The van der Waals surface area contributed by atoms with Gasteiger partial charge in [-0.3, -0.25) is 0 Å². The molecule has 0 aliphatic heterocycles. The number of nitrogens with one attached hydrogen (secondary N) is 3. The Kier molecular flexibility index (Phi) is 5.43. The molecule has 30 heavy (non-hydrogen) atoms. The van der Waals surface area contributed by atoms with E-state index in [9.17, 15) is 4.79 Å². The smallest absolute Gasteiger partial charge is 0.322 e. The maximum Gasteiger partial charge on any atom is 0.322 e. The number of aromatic nitrogens is 4. The van der Waals surface area contributed by atoms with Gasteiger partial charge in [-0.2, -0.15) is 0 Å². The van der Waals surface area contributed by atoms with Crippen LogP contribution >= 0.6 is 0 Å². The molecule has 0 aliphatic rings. The van der Waals surface area contributed by atoms with Gasteiger partial charge in [-0.25, -0.2) is 14.8 Å². The third-order valence-electron chi connectivity index (χ3n) is 4.61. The second-order valence-corrected chi connectivity index (χ2v) is 6.70. The van der Waals surface area contributed by atoms with E-state index in [1.54, 1.807) is 17.1 Å². The minimum absolute atomic E-state index is 0.227. The van der Waals surface area contributed by atoms with Crippen LogP contribution < -0.4 is 5.32 Å². The van der Waals surface area contributed by atoms with Crippen molar-refractivity contribution in [3.63, 3.8) is 0 Å². The van der Waals surface area contributed by atoms with E-state index in [2.05, 4.69) is 28.4 Å². The van der Waals surface area contributed by atoms with Gasteiger partial charge in [-0.1, -0.05) is 12.2 Å². The highest BCUT2D eigenvalue weighted by Crippen LogP contribution is 2.30. The van der Waals surface area contributed by atoms with Crippen LogP contribution in [0.15, 0.2) is 80.2 Å². The predicted molar refractivity (Wildman–Crippen MR) is 120 cm³/mol. The fourth-order valence-corrected chi connectivity index (χ4v) is 3.22. The number of benzene rings is 1. The van der Waals surface area contributed by atoms with Gasteiger partial charge in [0, 0.05) is 31.2 Å². The first kappa shape index (κ1) is 19.2. The van der Waals surface area contributed by atoms with Crippen molar-refractivity contribution < 1.29 is 4.79 Å². The standard InChI is InChI=1S/C23H22N6O/c1-3-13-29(14-4-2)23(30)26-16-9-10-17-20(15-16)28-22(19-8-6-12-25-19)21(27-17)18-7-5-11-24-18/h3-12,15,24-25H,1-2,13-14H2,(H,26,30). The first-order valence-electron chi connectivity index (χ1n) is 9.56. The summed E-state index contributed by atoms with van der Waals surface area (Å²) in [6, 6.07) is 13.0. The van der Waals surface area contributed by atoms with Crippen molar-refractivity contribution in [2.45, 2.75) is 0 Å². The Morgan fingerprint density at radius 1 is 0.933 bits per heavy atom. The van der Waals surface area contributed by atoms with Crippen molar-refractivity contribution in [2.24, 2.45) is 0 Å². The van der Waals surface area contributed by atoms with E-state index in [-0.39, 0.29) is 6.03 Å². The number of carbonyl (C=O) groups is 1. The summed E-state index contributed by atoms with van der Waals surface area (Å²) in [5, 5.41) is 2.91. The number of aromatic amines is 2. The summed E-state index contributed by atoms with van der Waals surface area (Å²) in [5.74, 6) is 0. The lowest BCUT2D eigenvalue weighted by atomic mass is 10.1. The van der Waals surface area contributed by atoms with E-state index in [1.165, 1.54) is 0 Å². The summed E-state index contributed by atoms with van der Waals surface area (Å²) in [5.41, 5.74) is 5.31. The van der Waals surface area contributed by atoms with Crippen LogP contribution in [0.4, 0.5) is 10.5 Å². The van der Waals surface area contributed by atoms with Crippen LogP contribution in [0.2, 0.25) is 0 Å². The Labute approximate surface area is 174 Å². The van der Waals surface area contributed by atoms with E-state index in [0.29, 0.717) is 24.3 Å². The summed E-state index contributed by atoms with van der Waals surface area (Å²) in [6.45, 7) is 8.26. The molecule has 4 aromatic rings. The fraction of sp³-hybridized carbons (Fsp3) is 0.0870. The van der Waals surface area contributed by atoms with Crippen molar-refractivity contribution >= 4 is 22.8 Å². The van der Waals surface area contributed by atoms with Crippen LogP contribution in [-0.2, 0) is 0 Å². The zero-order valence-corrected chi connectivity index (χ0v) is 16.4. The van der Waals surface area contributed by atoms with Crippen LogP contribution in [0, 0.1) is 0 Å². The van der Waals surface area contributed by atoms with Gasteiger partial charge in [0.2, 0.25) is 0 Å². The zero-order valence-electron chi connectivity index (χ0n) is 16.4. The minimum atomic E-state index is -0.227. The fourth-order valence-electron chi connectivity index (χ4n) is 3.22. The maximum absolute atomic E-state index is 12.6. The van der Waals surface area contributed by atoms with Gasteiger partial charge in [0.05, 0.1) is 22.4 Å². The molecule has 0 spiro atoms. The number of fused-ring (bicyclic) bond motifs is 1. The monoisotopic (exact) mass is 398 g/mol. The summed E-state index contributed by atoms with van der Waals surface area (Å²) in [7, 11) is 0. The molecule has 0 fully saturated rings. The summed E-state index contributed by atoms with van der Waals surface area (Å²) in [4.78, 5) is 30.2. The van der Waals surface area contributed by atoms with E-state index < -0.39 is 0 Å². The molecule has 0 unspecified atom stereocenters. The summed E-state index contributed by atoms with van der Waals surface area (Å²) < 4.78 is 0. The average molecular weight is 398 g/mol. The normalized spacial score (nSPS) is 10.7. The number of hydrogen-bond acceptors (Lipinski definition) is 3. The molecule has 1 aromatic carbocycles. The average Bonchev–Trinajstić information content (AvgIpc) is 3.47. The van der Waals surface area contributed by atoms with Gasteiger partial charge in [0.1, 0.15) is 11.4 Å².